The SMILES string of the molecule is OCCc1[nH]nc2cc(F)ccc12. The minimum atomic E-state index is -0.297. The maximum absolute atomic E-state index is 12.7. The van der Waals surface area contributed by atoms with Crippen molar-refractivity contribution in [2.45, 2.75) is 6.42 Å². The number of H-pyrrole nitrogens is 1. The molecule has 2 N–H and O–H groups in total. The Morgan fingerprint density at radius 3 is 3.08 bits per heavy atom. The summed E-state index contributed by atoms with van der Waals surface area (Å²) >= 11 is 0. The van der Waals surface area contributed by atoms with Gasteiger partial charge in [0.05, 0.1) is 5.52 Å². The Kier molecular flexibility index (Phi) is 1.98. The topological polar surface area (TPSA) is 48.9 Å². The van der Waals surface area contributed by atoms with Crippen molar-refractivity contribution in [3.05, 3.63) is 29.7 Å². The number of benzene rings is 1. The first-order chi connectivity index (χ1) is 6.31. The van der Waals surface area contributed by atoms with Gasteiger partial charge in [-0.15, -0.1) is 0 Å². The number of aromatic nitrogens is 2. The van der Waals surface area contributed by atoms with Crippen molar-refractivity contribution in [2.24, 2.45) is 0 Å². The molecule has 13 heavy (non-hydrogen) atoms. The van der Waals surface area contributed by atoms with Crippen LogP contribution < -0.4 is 0 Å². The lowest BCUT2D eigenvalue weighted by molar-refractivity contribution is 0.298. The molecule has 2 rings (SSSR count). The summed E-state index contributed by atoms with van der Waals surface area (Å²) in [6.07, 6.45) is 0.516. The zero-order chi connectivity index (χ0) is 9.26. The first kappa shape index (κ1) is 8.19. The van der Waals surface area contributed by atoms with E-state index < -0.39 is 0 Å². The fourth-order valence-electron chi connectivity index (χ4n) is 1.34. The summed E-state index contributed by atoms with van der Waals surface area (Å²) in [5.41, 5.74) is 1.45. The molecule has 0 amide bonds. The van der Waals surface area contributed by atoms with E-state index in [0.29, 0.717) is 11.9 Å². The fourth-order valence-corrected chi connectivity index (χ4v) is 1.34. The van der Waals surface area contributed by atoms with Crippen LogP contribution in [0.5, 0.6) is 0 Å². The quantitative estimate of drug-likeness (QED) is 0.730. The van der Waals surface area contributed by atoms with Gasteiger partial charge in [-0.3, -0.25) is 5.10 Å². The van der Waals surface area contributed by atoms with Gasteiger partial charge in [0.1, 0.15) is 5.82 Å². The Morgan fingerprint density at radius 1 is 1.46 bits per heavy atom. The number of nitrogens with one attached hydrogen (secondary N) is 1. The van der Waals surface area contributed by atoms with Gasteiger partial charge < -0.3 is 5.11 Å². The second-order valence-corrected chi connectivity index (χ2v) is 2.84. The maximum Gasteiger partial charge on any atom is 0.125 e. The zero-order valence-electron chi connectivity index (χ0n) is 6.92. The van der Waals surface area contributed by atoms with Gasteiger partial charge in [-0.05, 0) is 12.1 Å². The second-order valence-electron chi connectivity index (χ2n) is 2.84. The molecule has 0 fully saturated rings. The number of halogens is 1. The molecule has 0 aliphatic heterocycles. The maximum atomic E-state index is 12.7. The van der Waals surface area contributed by atoms with Crippen LogP contribution >= 0.6 is 0 Å². The molecular formula is C9H9FN2O. The second kappa shape index (κ2) is 3.14. The van der Waals surface area contributed by atoms with Crippen molar-refractivity contribution < 1.29 is 9.50 Å². The Balaban J connectivity index is 2.55. The molecule has 0 aliphatic rings. The summed E-state index contributed by atoms with van der Waals surface area (Å²) in [6.45, 7) is 0.0642. The lowest BCUT2D eigenvalue weighted by Gasteiger charge is -1.93. The van der Waals surface area contributed by atoms with Gasteiger partial charge in [-0.2, -0.15) is 5.10 Å². The Hall–Kier alpha value is -1.42. The standard InChI is InChI=1S/C9H9FN2O/c10-6-1-2-7-8(3-4-13)11-12-9(7)5-6/h1-2,5,13H,3-4H2,(H,11,12). The molecule has 1 aromatic heterocycles. The van der Waals surface area contributed by atoms with Crippen LogP contribution in [-0.4, -0.2) is 21.9 Å². The summed E-state index contributed by atoms with van der Waals surface area (Å²) in [7, 11) is 0. The van der Waals surface area contributed by atoms with Crippen LogP contribution in [0.3, 0.4) is 0 Å². The molecule has 0 radical (unpaired) electrons. The highest BCUT2D eigenvalue weighted by Gasteiger charge is 2.04. The highest BCUT2D eigenvalue weighted by Crippen LogP contribution is 2.16. The van der Waals surface area contributed by atoms with Crippen LogP contribution in [0.4, 0.5) is 4.39 Å². The molecule has 0 spiro atoms. The number of rotatable bonds is 2. The normalized spacial score (nSPS) is 10.9. The lowest BCUT2D eigenvalue weighted by Crippen LogP contribution is -1.90. The Morgan fingerprint density at radius 2 is 2.31 bits per heavy atom. The zero-order valence-corrected chi connectivity index (χ0v) is 6.92. The van der Waals surface area contributed by atoms with Crippen LogP contribution in [0.25, 0.3) is 10.9 Å². The van der Waals surface area contributed by atoms with Crippen LogP contribution in [-0.2, 0) is 6.42 Å². The van der Waals surface area contributed by atoms with Gasteiger partial charge in [-0.25, -0.2) is 4.39 Å². The monoisotopic (exact) mass is 180 g/mol. The van der Waals surface area contributed by atoms with Crippen LogP contribution in [0.1, 0.15) is 5.69 Å². The van der Waals surface area contributed by atoms with Gasteiger partial charge >= 0.3 is 0 Å². The minimum absolute atomic E-state index is 0.0642. The summed E-state index contributed by atoms with van der Waals surface area (Å²) in [6, 6.07) is 4.42. The average molecular weight is 180 g/mol. The summed E-state index contributed by atoms with van der Waals surface area (Å²) in [4.78, 5) is 0. The van der Waals surface area contributed by atoms with Crippen molar-refractivity contribution in [1.82, 2.24) is 10.2 Å². The van der Waals surface area contributed by atoms with Crippen LogP contribution in [0, 0.1) is 5.82 Å². The predicted molar refractivity (Wildman–Crippen MR) is 46.8 cm³/mol. The highest BCUT2D eigenvalue weighted by atomic mass is 19.1. The van der Waals surface area contributed by atoms with Gasteiger partial charge in [0, 0.05) is 30.2 Å². The van der Waals surface area contributed by atoms with Crippen LogP contribution in [0.2, 0.25) is 0 Å². The van der Waals surface area contributed by atoms with Gasteiger partial charge in [0.2, 0.25) is 0 Å². The van der Waals surface area contributed by atoms with E-state index in [1.807, 2.05) is 0 Å². The average Bonchev–Trinajstić information content (AvgIpc) is 2.49. The molecule has 0 aliphatic carbocycles. The number of hydrogen-bond acceptors (Lipinski definition) is 2. The van der Waals surface area contributed by atoms with E-state index in [2.05, 4.69) is 10.2 Å². The third kappa shape index (κ3) is 1.40. The van der Waals surface area contributed by atoms with Gasteiger partial charge in [-0.1, -0.05) is 0 Å². The largest absolute Gasteiger partial charge is 0.396 e. The molecule has 0 atom stereocenters. The third-order valence-corrected chi connectivity index (χ3v) is 1.96. The van der Waals surface area contributed by atoms with Crippen molar-refractivity contribution in [3.8, 4) is 0 Å². The summed E-state index contributed by atoms with van der Waals surface area (Å²) in [5.74, 6) is -0.297. The minimum Gasteiger partial charge on any atom is -0.396 e. The van der Waals surface area contributed by atoms with Crippen molar-refractivity contribution in [3.63, 3.8) is 0 Å². The van der Waals surface area contributed by atoms with Gasteiger partial charge in [0.25, 0.3) is 0 Å². The molecule has 68 valence electrons. The summed E-state index contributed by atoms with van der Waals surface area (Å²) in [5, 5.41) is 16.3. The van der Waals surface area contributed by atoms with E-state index >= 15 is 0 Å². The number of aliphatic hydroxyl groups is 1. The Bertz CT molecular complexity index is 424. The number of aliphatic hydroxyl groups excluding tert-OH is 1. The number of fused-ring (bicyclic) bond motifs is 1. The predicted octanol–water partition coefficient (Wildman–Crippen LogP) is 1.24. The molecule has 3 nitrogen and oxygen atoms in total. The molecule has 1 aromatic carbocycles. The lowest BCUT2D eigenvalue weighted by atomic mass is 10.2. The molecule has 0 saturated carbocycles. The molecule has 0 saturated heterocycles. The van der Waals surface area contributed by atoms with E-state index in [-0.39, 0.29) is 12.4 Å². The highest BCUT2D eigenvalue weighted by molar-refractivity contribution is 5.81. The third-order valence-electron chi connectivity index (χ3n) is 1.96. The molecule has 0 unspecified atom stereocenters. The van der Waals surface area contributed by atoms with E-state index in [1.165, 1.54) is 12.1 Å². The van der Waals surface area contributed by atoms with E-state index in [4.69, 9.17) is 5.11 Å². The number of aromatic amines is 1. The first-order valence-corrected chi connectivity index (χ1v) is 4.04. The molecule has 1 heterocycles. The fraction of sp³-hybridized carbons (Fsp3) is 0.222. The van der Waals surface area contributed by atoms with E-state index in [1.54, 1.807) is 6.07 Å². The van der Waals surface area contributed by atoms with Gasteiger partial charge in [0.15, 0.2) is 0 Å². The first-order valence-electron chi connectivity index (χ1n) is 4.04. The Labute approximate surface area is 74.2 Å². The summed E-state index contributed by atoms with van der Waals surface area (Å²) < 4.78 is 12.7. The molecule has 2 aromatic rings. The molecule has 4 heteroatoms. The smallest absolute Gasteiger partial charge is 0.125 e. The molecular weight excluding hydrogens is 171 g/mol. The van der Waals surface area contributed by atoms with Crippen molar-refractivity contribution in [1.29, 1.82) is 0 Å². The molecule has 0 bridgehead atoms. The van der Waals surface area contributed by atoms with Crippen LogP contribution in [0.15, 0.2) is 18.2 Å². The van der Waals surface area contributed by atoms with E-state index in [0.717, 1.165) is 11.1 Å². The van der Waals surface area contributed by atoms with E-state index in [9.17, 15) is 4.39 Å². The van der Waals surface area contributed by atoms with Crippen molar-refractivity contribution >= 4 is 10.9 Å². The number of nitrogens with zero attached hydrogens (tertiary/aromatic N) is 1. The number of hydrogen-bond donors (Lipinski definition) is 2. The van der Waals surface area contributed by atoms with Crippen molar-refractivity contribution in [2.75, 3.05) is 6.61 Å².